The van der Waals surface area contributed by atoms with Gasteiger partial charge in [0, 0.05) is 39.4 Å². The number of nitrogens with one attached hydrogen (secondary N) is 1. The summed E-state index contributed by atoms with van der Waals surface area (Å²) < 4.78 is 10.5. The van der Waals surface area contributed by atoms with Gasteiger partial charge >= 0.3 is 0 Å². The maximum atomic E-state index is 5.26. The molecule has 1 saturated heterocycles. The number of hydrogen-bond acceptors (Lipinski definition) is 4. The smallest absolute Gasteiger partial charge is 0.0615 e. The Bertz CT molecular complexity index is 202. The maximum Gasteiger partial charge on any atom is 0.0615 e. The summed E-state index contributed by atoms with van der Waals surface area (Å²) in [5.41, 5.74) is 0. The first-order valence-electron chi connectivity index (χ1n) is 6.64. The average Bonchev–Trinajstić information content (AvgIpc) is 2.70. The van der Waals surface area contributed by atoms with Crippen molar-refractivity contribution in [3.63, 3.8) is 0 Å². The van der Waals surface area contributed by atoms with Crippen LogP contribution in [0.5, 0.6) is 0 Å². The zero-order valence-corrected chi connectivity index (χ0v) is 11.7. The highest BCUT2D eigenvalue weighted by Gasteiger charge is 2.26. The van der Waals surface area contributed by atoms with Gasteiger partial charge in [0.2, 0.25) is 0 Å². The normalized spacial score (nSPS) is 26.6. The van der Waals surface area contributed by atoms with Crippen molar-refractivity contribution >= 4 is 0 Å². The molecular weight excluding hydrogens is 216 g/mol. The van der Waals surface area contributed by atoms with E-state index in [-0.39, 0.29) is 0 Å². The quantitative estimate of drug-likeness (QED) is 0.690. The molecule has 1 aliphatic rings. The predicted octanol–water partition coefficient (Wildman–Crippen LogP) is 0.968. The number of methoxy groups -OCH3 is 2. The molecule has 3 unspecified atom stereocenters. The number of hydrogen-bond donors (Lipinski definition) is 1. The van der Waals surface area contributed by atoms with Crippen molar-refractivity contribution in [3.05, 3.63) is 0 Å². The third-order valence-electron chi connectivity index (χ3n) is 3.77. The van der Waals surface area contributed by atoms with Crippen molar-refractivity contribution in [1.29, 1.82) is 0 Å². The van der Waals surface area contributed by atoms with Crippen LogP contribution in [0, 0.1) is 5.92 Å². The van der Waals surface area contributed by atoms with Gasteiger partial charge in [0.1, 0.15) is 0 Å². The first-order valence-corrected chi connectivity index (χ1v) is 6.64. The van der Waals surface area contributed by atoms with E-state index < -0.39 is 0 Å². The predicted molar refractivity (Wildman–Crippen MR) is 70.4 cm³/mol. The van der Waals surface area contributed by atoms with Gasteiger partial charge in [-0.2, -0.15) is 0 Å². The standard InChI is InChI=1S/C13H28N2O2/c1-11(10-17-4)15(7-8-16-3)9-13-5-6-14-12(13)2/h11-14H,5-10H2,1-4H3. The van der Waals surface area contributed by atoms with Crippen LogP contribution in [0.3, 0.4) is 0 Å². The van der Waals surface area contributed by atoms with Crippen LogP contribution in [-0.4, -0.2) is 64.1 Å². The van der Waals surface area contributed by atoms with Gasteiger partial charge in [0.25, 0.3) is 0 Å². The second kappa shape index (κ2) is 8.03. The van der Waals surface area contributed by atoms with Crippen LogP contribution in [0.4, 0.5) is 0 Å². The molecule has 17 heavy (non-hydrogen) atoms. The van der Waals surface area contributed by atoms with Gasteiger partial charge in [0.05, 0.1) is 13.2 Å². The number of nitrogens with zero attached hydrogens (tertiary/aromatic N) is 1. The van der Waals surface area contributed by atoms with Crippen LogP contribution in [-0.2, 0) is 9.47 Å². The van der Waals surface area contributed by atoms with Crippen LogP contribution >= 0.6 is 0 Å². The van der Waals surface area contributed by atoms with Crippen molar-refractivity contribution in [3.8, 4) is 0 Å². The van der Waals surface area contributed by atoms with E-state index in [4.69, 9.17) is 9.47 Å². The summed E-state index contributed by atoms with van der Waals surface area (Å²) in [6, 6.07) is 1.10. The molecule has 4 heteroatoms. The molecule has 1 fully saturated rings. The fraction of sp³-hybridized carbons (Fsp3) is 1.00. The van der Waals surface area contributed by atoms with Crippen LogP contribution in [0.2, 0.25) is 0 Å². The van der Waals surface area contributed by atoms with Gasteiger partial charge in [-0.3, -0.25) is 4.90 Å². The van der Waals surface area contributed by atoms with Crippen molar-refractivity contribution in [1.82, 2.24) is 10.2 Å². The second-order valence-electron chi connectivity index (χ2n) is 5.08. The Morgan fingerprint density at radius 1 is 1.35 bits per heavy atom. The fourth-order valence-corrected chi connectivity index (χ4v) is 2.51. The first-order chi connectivity index (χ1) is 8.19. The third-order valence-corrected chi connectivity index (χ3v) is 3.77. The molecule has 0 saturated carbocycles. The van der Waals surface area contributed by atoms with E-state index >= 15 is 0 Å². The summed E-state index contributed by atoms with van der Waals surface area (Å²) in [5.74, 6) is 0.756. The van der Waals surface area contributed by atoms with E-state index in [9.17, 15) is 0 Å². The Morgan fingerprint density at radius 3 is 2.65 bits per heavy atom. The van der Waals surface area contributed by atoms with Gasteiger partial charge in [-0.05, 0) is 32.7 Å². The fourth-order valence-electron chi connectivity index (χ4n) is 2.51. The monoisotopic (exact) mass is 244 g/mol. The van der Waals surface area contributed by atoms with Gasteiger partial charge in [-0.1, -0.05) is 0 Å². The van der Waals surface area contributed by atoms with Crippen LogP contribution in [0.1, 0.15) is 20.3 Å². The van der Waals surface area contributed by atoms with E-state index in [0.717, 1.165) is 38.8 Å². The lowest BCUT2D eigenvalue weighted by Crippen LogP contribution is -2.43. The third kappa shape index (κ3) is 4.92. The molecule has 0 radical (unpaired) electrons. The molecule has 102 valence electrons. The lowest BCUT2D eigenvalue weighted by Gasteiger charge is -2.32. The van der Waals surface area contributed by atoms with Crippen LogP contribution < -0.4 is 5.32 Å². The maximum absolute atomic E-state index is 5.26. The number of ether oxygens (including phenoxy) is 2. The van der Waals surface area contributed by atoms with Crippen LogP contribution in [0.25, 0.3) is 0 Å². The lowest BCUT2D eigenvalue weighted by atomic mass is 10.0. The van der Waals surface area contributed by atoms with Crippen molar-refractivity contribution in [2.45, 2.75) is 32.4 Å². The summed E-state index contributed by atoms with van der Waals surface area (Å²) in [7, 11) is 3.53. The van der Waals surface area contributed by atoms with Crippen molar-refractivity contribution in [2.24, 2.45) is 5.92 Å². The SMILES string of the molecule is COCCN(CC1CCNC1C)C(C)COC. The zero-order chi connectivity index (χ0) is 12.7. The molecule has 1 rings (SSSR count). The molecular formula is C13H28N2O2. The minimum atomic E-state index is 0.461. The first kappa shape index (κ1) is 14.9. The Labute approximate surface area is 106 Å². The molecule has 0 spiro atoms. The Hall–Kier alpha value is -0.160. The number of rotatable bonds is 8. The highest BCUT2D eigenvalue weighted by Crippen LogP contribution is 2.17. The van der Waals surface area contributed by atoms with Crippen molar-refractivity contribution < 1.29 is 9.47 Å². The van der Waals surface area contributed by atoms with Gasteiger partial charge in [-0.25, -0.2) is 0 Å². The Morgan fingerprint density at radius 2 is 2.12 bits per heavy atom. The topological polar surface area (TPSA) is 33.7 Å². The summed E-state index contributed by atoms with van der Waals surface area (Å²) in [6.45, 7) is 9.38. The minimum Gasteiger partial charge on any atom is -0.383 e. The van der Waals surface area contributed by atoms with Crippen LogP contribution in [0.15, 0.2) is 0 Å². The molecule has 1 heterocycles. The molecule has 3 atom stereocenters. The van der Waals surface area contributed by atoms with E-state index in [1.54, 1.807) is 14.2 Å². The van der Waals surface area contributed by atoms with E-state index in [0.29, 0.717) is 12.1 Å². The molecule has 0 aliphatic carbocycles. The second-order valence-corrected chi connectivity index (χ2v) is 5.08. The molecule has 1 N–H and O–H groups in total. The highest BCUT2D eigenvalue weighted by atomic mass is 16.5. The highest BCUT2D eigenvalue weighted by molar-refractivity contribution is 4.83. The Balaban J connectivity index is 2.43. The molecule has 0 bridgehead atoms. The minimum absolute atomic E-state index is 0.461. The van der Waals surface area contributed by atoms with Crippen molar-refractivity contribution in [2.75, 3.05) is 47.1 Å². The molecule has 0 amide bonds. The van der Waals surface area contributed by atoms with E-state index in [2.05, 4.69) is 24.1 Å². The summed E-state index contributed by atoms with van der Waals surface area (Å²) in [5, 5.41) is 3.51. The lowest BCUT2D eigenvalue weighted by molar-refractivity contribution is 0.0640. The summed E-state index contributed by atoms with van der Waals surface area (Å²) >= 11 is 0. The van der Waals surface area contributed by atoms with Gasteiger partial charge in [-0.15, -0.1) is 0 Å². The Kier molecular flexibility index (Phi) is 7.04. The van der Waals surface area contributed by atoms with E-state index in [1.165, 1.54) is 6.42 Å². The molecule has 0 aromatic rings. The molecule has 4 nitrogen and oxygen atoms in total. The van der Waals surface area contributed by atoms with E-state index in [1.807, 2.05) is 0 Å². The zero-order valence-electron chi connectivity index (χ0n) is 11.7. The summed E-state index contributed by atoms with van der Waals surface area (Å²) in [6.07, 6.45) is 1.28. The van der Waals surface area contributed by atoms with Gasteiger partial charge in [0.15, 0.2) is 0 Å². The van der Waals surface area contributed by atoms with Gasteiger partial charge < -0.3 is 14.8 Å². The largest absolute Gasteiger partial charge is 0.383 e. The molecule has 1 aliphatic heterocycles. The average molecular weight is 244 g/mol. The summed E-state index contributed by atoms with van der Waals surface area (Å²) in [4.78, 5) is 2.49. The molecule has 0 aromatic heterocycles. The molecule has 0 aromatic carbocycles.